The van der Waals surface area contributed by atoms with E-state index in [2.05, 4.69) is 57.2 Å². The molecule has 2 saturated heterocycles. The minimum absolute atomic E-state index is 0.218. The Labute approximate surface area is 327 Å². The summed E-state index contributed by atoms with van der Waals surface area (Å²) in [5, 5.41) is 17.9. The SMILES string of the molecule is Cc1c(COc2cc(OCc3cncc(C#N)c3)c(CN3CCCCC3c3ccn[nH]3)cc2Cl)cccc1-c1cccc(OCC2CCCN(C)C2)c1Cl. The molecular weight excluding hydrogens is 719 g/mol. The van der Waals surface area contributed by atoms with Crippen LogP contribution < -0.4 is 14.2 Å². The Morgan fingerprint density at radius 3 is 2.56 bits per heavy atom. The van der Waals surface area contributed by atoms with Gasteiger partial charge in [-0.3, -0.25) is 15.0 Å². The third kappa shape index (κ3) is 9.02. The normalized spacial score (nSPS) is 17.9. The highest BCUT2D eigenvalue weighted by Gasteiger charge is 2.27. The molecule has 0 radical (unpaired) electrons. The number of rotatable bonds is 13. The quantitative estimate of drug-likeness (QED) is 0.127. The molecule has 9 nitrogen and oxygen atoms in total. The molecule has 280 valence electrons. The van der Waals surface area contributed by atoms with Crippen molar-refractivity contribution in [2.24, 2.45) is 5.92 Å². The van der Waals surface area contributed by atoms with Gasteiger partial charge >= 0.3 is 0 Å². The van der Waals surface area contributed by atoms with Crippen molar-refractivity contribution in [3.8, 4) is 34.4 Å². The van der Waals surface area contributed by atoms with Gasteiger partial charge in [0.2, 0.25) is 0 Å². The molecule has 2 atom stereocenters. The maximum absolute atomic E-state index is 9.41. The van der Waals surface area contributed by atoms with Crippen LogP contribution in [0.5, 0.6) is 17.2 Å². The van der Waals surface area contributed by atoms with E-state index in [0.29, 0.717) is 58.5 Å². The van der Waals surface area contributed by atoms with Gasteiger partial charge in [0.1, 0.15) is 36.5 Å². The van der Waals surface area contributed by atoms with E-state index in [1.165, 1.54) is 12.8 Å². The van der Waals surface area contributed by atoms with Gasteiger partial charge in [-0.15, -0.1) is 0 Å². The standard InChI is InChI=1S/C43H46Cl2N6O3/c1-29-33(9-5-10-35(29)36-11-6-13-40(43(36)45)52-26-30-8-7-16-50(2)24-30)28-54-42-20-41(53-27-32-18-31(21-46)22-47-23-32)34(19-37(42)44)25-51-17-4-3-12-39(51)38-14-15-48-49-38/h5-6,9-11,13-15,18-20,22-23,30,39H,3-4,7-8,12,16-17,24-28H2,1-2H3,(H,48,49). The molecule has 2 aromatic heterocycles. The molecule has 4 heterocycles. The van der Waals surface area contributed by atoms with E-state index in [1.54, 1.807) is 24.7 Å². The maximum atomic E-state index is 9.41. The van der Waals surface area contributed by atoms with E-state index in [1.807, 2.05) is 42.5 Å². The summed E-state index contributed by atoms with van der Waals surface area (Å²) < 4.78 is 19.2. The number of benzene rings is 3. The van der Waals surface area contributed by atoms with Crippen molar-refractivity contribution in [2.45, 2.75) is 64.8 Å². The first kappa shape index (κ1) is 37.7. The largest absolute Gasteiger partial charge is 0.492 e. The Morgan fingerprint density at radius 2 is 1.72 bits per heavy atom. The van der Waals surface area contributed by atoms with E-state index in [4.69, 9.17) is 37.4 Å². The maximum Gasteiger partial charge on any atom is 0.142 e. The molecule has 0 bridgehead atoms. The Bertz CT molecular complexity index is 2080. The summed E-state index contributed by atoms with van der Waals surface area (Å²) in [5.41, 5.74) is 7.37. The monoisotopic (exact) mass is 764 g/mol. The van der Waals surface area contributed by atoms with Gasteiger partial charge in [-0.25, -0.2) is 0 Å². The number of H-pyrrole nitrogens is 1. The first-order valence-electron chi connectivity index (χ1n) is 18.7. The van der Waals surface area contributed by atoms with Crippen LogP contribution in [0.15, 0.2) is 79.3 Å². The summed E-state index contributed by atoms with van der Waals surface area (Å²) in [5.74, 6) is 2.39. The summed E-state index contributed by atoms with van der Waals surface area (Å²) in [7, 11) is 2.17. The van der Waals surface area contributed by atoms with Crippen LogP contribution in [0.3, 0.4) is 0 Å². The van der Waals surface area contributed by atoms with Gasteiger partial charge < -0.3 is 19.1 Å². The summed E-state index contributed by atoms with van der Waals surface area (Å²) in [6.07, 6.45) is 10.7. The summed E-state index contributed by atoms with van der Waals surface area (Å²) >= 11 is 14.0. The zero-order valence-electron chi connectivity index (χ0n) is 30.9. The number of halogens is 2. The number of piperidine rings is 2. The van der Waals surface area contributed by atoms with Crippen molar-refractivity contribution in [1.29, 1.82) is 5.26 Å². The van der Waals surface area contributed by atoms with Crippen molar-refractivity contribution >= 4 is 23.2 Å². The second kappa shape index (κ2) is 17.7. The van der Waals surface area contributed by atoms with Gasteiger partial charge in [-0.2, -0.15) is 10.4 Å². The summed E-state index contributed by atoms with van der Waals surface area (Å²) in [6.45, 7) is 7.04. The third-order valence-corrected chi connectivity index (χ3v) is 11.3. The number of nitrogens with one attached hydrogen (secondary N) is 1. The molecule has 0 amide bonds. The number of hydrogen-bond acceptors (Lipinski definition) is 8. The molecule has 2 unspecified atom stereocenters. The number of ether oxygens (including phenoxy) is 3. The molecule has 11 heteroatoms. The van der Waals surface area contributed by atoms with E-state index in [9.17, 15) is 5.26 Å². The van der Waals surface area contributed by atoms with Gasteiger partial charge in [0.15, 0.2) is 0 Å². The molecule has 7 rings (SSSR count). The number of hydrogen-bond donors (Lipinski definition) is 1. The average molecular weight is 766 g/mol. The van der Waals surface area contributed by atoms with Gasteiger partial charge in [0.05, 0.1) is 34.0 Å². The van der Waals surface area contributed by atoms with Crippen LogP contribution in [0, 0.1) is 24.2 Å². The molecule has 5 aromatic rings. The number of aromatic nitrogens is 3. The van der Waals surface area contributed by atoms with Crippen molar-refractivity contribution < 1.29 is 14.2 Å². The van der Waals surface area contributed by atoms with Crippen LogP contribution in [0.2, 0.25) is 10.0 Å². The molecule has 2 aliphatic heterocycles. The molecule has 3 aromatic carbocycles. The number of nitriles is 1. The number of pyridine rings is 1. The van der Waals surface area contributed by atoms with Crippen LogP contribution in [-0.4, -0.2) is 58.3 Å². The Morgan fingerprint density at radius 1 is 0.870 bits per heavy atom. The lowest BCUT2D eigenvalue weighted by Crippen LogP contribution is -2.34. The zero-order valence-corrected chi connectivity index (χ0v) is 32.4. The predicted molar refractivity (Wildman–Crippen MR) is 212 cm³/mol. The molecule has 0 aliphatic carbocycles. The second-order valence-corrected chi connectivity index (χ2v) is 15.2. The molecule has 0 spiro atoms. The summed E-state index contributed by atoms with van der Waals surface area (Å²) in [4.78, 5) is 9.02. The van der Waals surface area contributed by atoms with Crippen molar-refractivity contribution in [1.82, 2.24) is 25.0 Å². The Hall–Kier alpha value is -4.59. The lowest BCUT2D eigenvalue weighted by Gasteiger charge is -2.35. The van der Waals surface area contributed by atoms with Crippen molar-refractivity contribution in [3.63, 3.8) is 0 Å². The molecule has 2 aliphatic rings. The van der Waals surface area contributed by atoms with E-state index >= 15 is 0 Å². The molecule has 0 saturated carbocycles. The molecule has 54 heavy (non-hydrogen) atoms. The van der Waals surface area contributed by atoms with Crippen molar-refractivity contribution in [3.05, 3.63) is 123 Å². The average Bonchev–Trinajstić information content (AvgIpc) is 3.73. The number of nitrogens with zero attached hydrogens (tertiary/aromatic N) is 5. The highest BCUT2D eigenvalue weighted by molar-refractivity contribution is 6.35. The van der Waals surface area contributed by atoms with E-state index in [0.717, 1.165) is 78.0 Å². The minimum Gasteiger partial charge on any atom is -0.492 e. The number of aromatic amines is 1. The van der Waals surface area contributed by atoms with Gasteiger partial charge in [-0.05, 0) is 93.7 Å². The van der Waals surface area contributed by atoms with Crippen molar-refractivity contribution in [2.75, 3.05) is 33.3 Å². The van der Waals surface area contributed by atoms with Gasteiger partial charge in [0.25, 0.3) is 0 Å². The highest BCUT2D eigenvalue weighted by Crippen LogP contribution is 2.40. The first-order valence-corrected chi connectivity index (χ1v) is 19.5. The fourth-order valence-electron chi connectivity index (χ4n) is 7.67. The van der Waals surface area contributed by atoms with Crippen LogP contribution in [0.1, 0.15) is 71.7 Å². The highest BCUT2D eigenvalue weighted by atomic mass is 35.5. The second-order valence-electron chi connectivity index (χ2n) is 14.4. The predicted octanol–water partition coefficient (Wildman–Crippen LogP) is 9.56. The Balaban J connectivity index is 1.11. The summed E-state index contributed by atoms with van der Waals surface area (Å²) in [6, 6.07) is 22.2. The topological polar surface area (TPSA) is 99.5 Å². The third-order valence-electron chi connectivity index (χ3n) is 10.6. The van der Waals surface area contributed by atoms with Crippen LogP contribution >= 0.6 is 23.2 Å². The lowest BCUT2D eigenvalue weighted by atomic mass is 9.96. The van der Waals surface area contributed by atoms with E-state index in [-0.39, 0.29) is 12.6 Å². The Kier molecular flexibility index (Phi) is 12.4. The lowest BCUT2D eigenvalue weighted by molar-refractivity contribution is 0.135. The fourth-order valence-corrected chi connectivity index (χ4v) is 8.19. The minimum atomic E-state index is 0.218. The van der Waals surface area contributed by atoms with E-state index < -0.39 is 0 Å². The van der Waals surface area contributed by atoms with Gasteiger partial charge in [0, 0.05) is 60.4 Å². The smallest absolute Gasteiger partial charge is 0.142 e. The molecule has 1 N–H and O–H groups in total. The zero-order chi connectivity index (χ0) is 37.4. The first-order chi connectivity index (χ1) is 26.4. The van der Waals surface area contributed by atoms with Gasteiger partial charge in [-0.1, -0.05) is 60.0 Å². The van der Waals surface area contributed by atoms with Crippen LogP contribution in [-0.2, 0) is 19.8 Å². The fraction of sp³-hybridized carbons (Fsp3) is 0.372. The van der Waals surface area contributed by atoms with Crippen LogP contribution in [0.25, 0.3) is 11.1 Å². The number of likely N-dealkylation sites (tertiary alicyclic amines) is 2. The molecular formula is C43H46Cl2N6O3. The van der Waals surface area contributed by atoms with Crippen LogP contribution in [0.4, 0.5) is 0 Å². The molecule has 2 fully saturated rings.